The minimum absolute atomic E-state index is 0.126. The summed E-state index contributed by atoms with van der Waals surface area (Å²) in [5.74, 6) is -3.87. The molecular formula is C25H23F3N6O. The maximum atomic E-state index is 14.0. The molecule has 1 saturated carbocycles. The summed E-state index contributed by atoms with van der Waals surface area (Å²) in [7, 11) is 1.68. The number of carbonyl (C=O) groups is 1. The lowest BCUT2D eigenvalue weighted by molar-refractivity contribution is 0.0674. The lowest BCUT2D eigenvalue weighted by Gasteiger charge is -2.33. The SMILES string of the molecule is Cc1cnn2nc(C3CC3)c(C(=O)N3CCc4c(nn(C)c4-c4cc(F)c(F)c(F)c4)[C@@H]3C)c2c1. The molecule has 3 aromatic heterocycles. The van der Waals surface area contributed by atoms with Gasteiger partial charge in [-0.2, -0.15) is 19.9 Å². The maximum Gasteiger partial charge on any atom is 0.258 e. The first-order valence-electron chi connectivity index (χ1n) is 11.6. The van der Waals surface area contributed by atoms with Gasteiger partial charge in [0.05, 0.1) is 34.9 Å². The van der Waals surface area contributed by atoms with Crippen molar-refractivity contribution in [2.24, 2.45) is 7.05 Å². The molecule has 0 radical (unpaired) electrons. The molecule has 0 N–H and O–H groups in total. The molecule has 0 spiro atoms. The Morgan fingerprint density at radius 2 is 1.77 bits per heavy atom. The Balaban J connectivity index is 1.41. The van der Waals surface area contributed by atoms with Crippen LogP contribution in [0.2, 0.25) is 0 Å². The molecule has 7 nitrogen and oxygen atoms in total. The third-order valence-electron chi connectivity index (χ3n) is 7.00. The molecule has 1 atom stereocenters. The van der Waals surface area contributed by atoms with Crippen molar-refractivity contribution in [3.63, 3.8) is 0 Å². The summed E-state index contributed by atoms with van der Waals surface area (Å²) in [5.41, 5.74) is 5.18. The summed E-state index contributed by atoms with van der Waals surface area (Å²) >= 11 is 0. The quantitative estimate of drug-likeness (QED) is 0.405. The van der Waals surface area contributed by atoms with Crippen molar-refractivity contribution >= 4 is 11.4 Å². The van der Waals surface area contributed by atoms with E-state index < -0.39 is 17.5 Å². The number of carbonyl (C=O) groups excluding carboxylic acids is 1. The Bertz CT molecular complexity index is 1500. The standard InChI is InChI=1S/C25H23F3N6O/c1-12-8-19-20(23(14-4-5-14)31-34(19)29-11-12)25(35)33-7-6-16-22(13(33)2)30-32(3)24(16)15-9-17(26)21(28)18(27)10-15/h8-11,13-14H,4-7H2,1-3H3/t13-/m0/s1. The molecule has 1 fully saturated rings. The Morgan fingerprint density at radius 1 is 1.06 bits per heavy atom. The maximum absolute atomic E-state index is 14.0. The summed E-state index contributed by atoms with van der Waals surface area (Å²) in [6.07, 6.45) is 4.16. The number of hydrogen-bond donors (Lipinski definition) is 0. The van der Waals surface area contributed by atoms with Crippen LogP contribution in [0.25, 0.3) is 16.8 Å². The summed E-state index contributed by atoms with van der Waals surface area (Å²) < 4.78 is 44.5. The Kier molecular flexibility index (Phi) is 4.77. The molecule has 1 aliphatic heterocycles. The van der Waals surface area contributed by atoms with Gasteiger partial charge in [-0.1, -0.05) is 0 Å². The zero-order valence-corrected chi connectivity index (χ0v) is 19.5. The first-order chi connectivity index (χ1) is 16.7. The Morgan fingerprint density at radius 3 is 2.46 bits per heavy atom. The number of hydrogen-bond acceptors (Lipinski definition) is 4. The zero-order chi connectivity index (χ0) is 24.6. The highest BCUT2D eigenvalue weighted by molar-refractivity contribution is 6.02. The molecule has 0 unspecified atom stereocenters. The zero-order valence-electron chi connectivity index (χ0n) is 19.5. The number of benzene rings is 1. The highest BCUT2D eigenvalue weighted by atomic mass is 19.2. The van der Waals surface area contributed by atoms with Crippen molar-refractivity contribution in [1.29, 1.82) is 0 Å². The molecule has 4 heterocycles. The molecule has 2 aliphatic rings. The van der Waals surface area contributed by atoms with Gasteiger partial charge in [-0.15, -0.1) is 0 Å². The molecular weight excluding hydrogens is 457 g/mol. The molecule has 0 bridgehead atoms. The van der Waals surface area contributed by atoms with Gasteiger partial charge >= 0.3 is 0 Å². The van der Waals surface area contributed by atoms with Crippen LogP contribution >= 0.6 is 0 Å². The minimum atomic E-state index is -1.50. The molecule has 1 aromatic carbocycles. The Hall–Kier alpha value is -3.69. The molecule has 180 valence electrons. The first kappa shape index (κ1) is 21.8. The van der Waals surface area contributed by atoms with Gasteiger partial charge in [-0.25, -0.2) is 13.2 Å². The van der Waals surface area contributed by atoms with Gasteiger partial charge in [0.1, 0.15) is 5.52 Å². The monoisotopic (exact) mass is 480 g/mol. The van der Waals surface area contributed by atoms with E-state index in [1.165, 1.54) is 4.63 Å². The van der Waals surface area contributed by atoms with E-state index in [4.69, 9.17) is 0 Å². The third-order valence-corrected chi connectivity index (χ3v) is 7.00. The number of rotatable bonds is 3. The first-order valence-corrected chi connectivity index (χ1v) is 11.6. The fraction of sp³-hybridized carbons (Fsp3) is 0.360. The van der Waals surface area contributed by atoms with Crippen molar-refractivity contribution in [1.82, 2.24) is 29.5 Å². The van der Waals surface area contributed by atoms with Crippen molar-refractivity contribution in [2.45, 2.75) is 45.1 Å². The van der Waals surface area contributed by atoms with Crippen LogP contribution in [0.3, 0.4) is 0 Å². The fourth-order valence-electron chi connectivity index (χ4n) is 5.13. The van der Waals surface area contributed by atoms with Crippen LogP contribution < -0.4 is 0 Å². The van der Waals surface area contributed by atoms with Crippen LogP contribution in [0, 0.1) is 24.4 Å². The van der Waals surface area contributed by atoms with Gasteiger partial charge in [-0.3, -0.25) is 9.48 Å². The van der Waals surface area contributed by atoms with Gasteiger partial charge < -0.3 is 4.90 Å². The van der Waals surface area contributed by atoms with Crippen LogP contribution in [-0.2, 0) is 13.5 Å². The summed E-state index contributed by atoms with van der Waals surface area (Å²) in [6.45, 7) is 4.22. The van der Waals surface area contributed by atoms with Gasteiger partial charge in [0.2, 0.25) is 0 Å². The van der Waals surface area contributed by atoms with E-state index in [0.29, 0.717) is 35.4 Å². The van der Waals surface area contributed by atoms with Crippen LogP contribution in [0.1, 0.15) is 64.6 Å². The van der Waals surface area contributed by atoms with Crippen molar-refractivity contribution in [3.05, 3.63) is 69.9 Å². The van der Waals surface area contributed by atoms with E-state index in [0.717, 1.165) is 41.8 Å². The van der Waals surface area contributed by atoms with Gasteiger partial charge in [0.25, 0.3) is 5.91 Å². The van der Waals surface area contributed by atoms with Gasteiger partial charge in [0, 0.05) is 30.6 Å². The number of halogens is 3. The topological polar surface area (TPSA) is 68.3 Å². The van der Waals surface area contributed by atoms with Crippen molar-refractivity contribution in [2.75, 3.05) is 6.54 Å². The number of amides is 1. The number of nitrogens with zero attached hydrogens (tertiary/aromatic N) is 6. The number of aryl methyl sites for hydroxylation is 2. The molecule has 1 aliphatic carbocycles. The normalized spacial score (nSPS) is 17.8. The second kappa shape index (κ2) is 7.66. The van der Waals surface area contributed by atoms with E-state index >= 15 is 0 Å². The lowest BCUT2D eigenvalue weighted by atomic mass is 9.94. The predicted molar refractivity (Wildman–Crippen MR) is 121 cm³/mol. The van der Waals surface area contributed by atoms with E-state index in [1.54, 1.807) is 22.8 Å². The van der Waals surface area contributed by atoms with Gasteiger partial charge in [0.15, 0.2) is 17.5 Å². The second-order valence-corrected chi connectivity index (χ2v) is 9.46. The highest BCUT2D eigenvalue weighted by Gasteiger charge is 2.39. The van der Waals surface area contributed by atoms with Crippen molar-refractivity contribution in [3.8, 4) is 11.3 Å². The van der Waals surface area contributed by atoms with Crippen molar-refractivity contribution < 1.29 is 18.0 Å². The summed E-state index contributed by atoms with van der Waals surface area (Å²) in [5, 5.41) is 13.6. The predicted octanol–water partition coefficient (Wildman–Crippen LogP) is 4.49. The van der Waals surface area contributed by atoms with Crippen LogP contribution in [-0.4, -0.2) is 42.0 Å². The van der Waals surface area contributed by atoms with Crippen LogP contribution in [0.4, 0.5) is 13.2 Å². The average Bonchev–Trinajstić information content (AvgIpc) is 3.51. The molecule has 4 aromatic rings. The molecule has 35 heavy (non-hydrogen) atoms. The van der Waals surface area contributed by atoms with Crippen LogP contribution in [0.15, 0.2) is 24.4 Å². The second-order valence-electron chi connectivity index (χ2n) is 9.46. The lowest BCUT2D eigenvalue weighted by Crippen LogP contribution is -2.39. The van der Waals surface area contributed by atoms with Crippen LogP contribution in [0.5, 0.6) is 0 Å². The molecule has 6 rings (SSSR count). The average molecular weight is 480 g/mol. The van der Waals surface area contributed by atoms with E-state index in [1.807, 2.05) is 19.9 Å². The summed E-state index contributed by atoms with van der Waals surface area (Å²) in [4.78, 5) is 15.7. The smallest absolute Gasteiger partial charge is 0.258 e. The third kappa shape index (κ3) is 3.34. The Labute approximate surface area is 199 Å². The molecule has 0 saturated heterocycles. The largest absolute Gasteiger partial charge is 0.330 e. The van der Waals surface area contributed by atoms with E-state index in [9.17, 15) is 18.0 Å². The molecule has 10 heteroatoms. The fourth-order valence-corrected chi connectivity index (χ4v) is 5.13. The number of fused-ring (bicyclic) bond motifs is 2. The highest BCUT2D eigenvalue weighted by Crippen LogP contribution is 2.43. The summed E-state index contributed by atoms with van der Waals surface area (Å²) in [6, 6.07) is 3.51. The van der Waals surface area contributed by atoms with E-state index in [2.05, 4.69) is 15.3 Å². The van der Waals surface area contributed by atoms with Gasteiger partial charge in [-0.05, 0) is 56.9 Å². The van der Waals surface area contributed by atoms with E-state index in [-0.39, 0.29) is 23.4 Å². The molecule has 1 amide bonds. The number of aromatic nitrogens is 5. The minimum Gasteiger partial charge on any atom is -0.330 e.